The summed E-state index contributed by atoms with van der Waals surface area (Å²) >= 11 is 5.80. The lowest BCUT2D eigenvalue weighted by Gasteiger charge is -2.26. The Morgan fingerprint density at radius 1 is 1.37 bits per heavy atom. The van der Waals surface area contributed by atoms with E-state index in [9.17, 15) is 5.11 Å². The van der Waals surface area contributed by atoms with Gasteiger partial charge in [0, 0.05) is 17.6 Å². The van der Waals surface area contributed by atoms with Gasteiger partial charge in [0.05, 0.1) is 0 Å². The summed E-state index contributed by atoms with van der Waals surface area (Å²) in [6, 6.07) is 7.73. The second-order valence-electron chi connectivity index (χ2n) is 5.44. The van der Waals surface area contributed by atoms with Gasteiger partial charge in [-0.05, 0) is 57.0 Å². The number of likely N-dealkylation sites (N-methyl/N-ethyl adjacent to an activating group) is 1. The molecule has 0 amide bonds. The van der Waals surface area contributed by atoms with Crippen LogP contribution in [0.15, 0.2) is 24.3 Å². The SMILES string of the molecule is CC(C1CC1)N(C)CC(O)COc1ccc(Cl)cc1. The van der Waals surface area contributed by atoms with Crippen LogP contribution in [0, 0.1) is 5.92 Å². The van der Waals surface area contributed by atoms with Crippen molar-refractivity contribution in [1.29, 1.82) is 0 Å². The van der Waals surface area contributed by atoms with Crippen LogP contribution in [0.2, 0.25) is 5.02 Å². The van der Waals surface area contributed by atoms with E-state index in [0.29, 0.717) is 24.2 Å². The highest BCUT2D eigenvalue weighted by molar-refractivity contribution is 6.30. The van der Waals surface area contributed by atoms with E-state index in [-0.39, 0.29) is 0 Å². The smallest absolute Gasteiger partial charge is 0.119 e. The number of hydrogen-bond donors (Lipinski definition) is 1. The van der Waals surface area contributed by atoms with Crippen LogP contribution in [0.5, 0.6) is 5.75 Å². The maximum Gasteiger partial charge on any atom is 0.119 e. The first-order valence-electron chi connectivity index (χ1n) is 6.83. The lowest BCUT2D eigenvalue weighted by molar-refractivity contribution is 0.0623. The third kappa shape index (κ3) is 4.68. The van der Waals surface area contributed by atoms with E-state index >= 15 is 0 Å². The summed E-state index contributed by atoms with van der Waals surface area (Å²) in [4.78, 5) is 2.22. The van der Waals surface area contributed by atoms with E-state index in [1.165, 1.54) is 12.8 Å². The van der Waals surface area contributed by atoms with Gasteiger partial charge in [0.1, 0.15) is 18.5 Å². The molecule has 2 rings (SSSR count). The molecule has 3 nitrogen and oxygen atoms in total. The Labute approximate surface area is 120 Å². The van der Waals surface area contributed by atoms with Gasteiger partial charge in [0.2, 0.25) is 0 Å². The normalized spacial score (nSPS) is 18.4. The highest BCUT2D eigenvalue weighted by atomic mass is 35.5. The fourth-order valence-electron chi connectivity index (χ4n) is 2.21. The molecule has 106 valence electrons. The molecule has 0 radical (unpaired) electrons. The highest BCUT2D eigenvalue weighted by Gasteiger charge is 2.30. The Hall–Kier alpha value is -0.770. The molecule has 2 unspecified atom stereocenters. The summed E-state index contributed by atoms with van der Waals surface area (Å²) in [5.74, 6) is 1.55. The Morgan fingerprint density at radius 2 is 2.00 bits per heavy atom. The molecule has 1 saturated carbocycles. The van der Waals surface area contributed by atoms with Gasteiger partial charge in [0.25, 0.3) is 0 Å². The predicted octanol–water partition coefficient (Wildman–Crippen LogP) is 2.81. The molecule has 1 fully saturated rings. The Kier molecular flexibility index (Phi) is 5.08. The molecule has 19 heavy (non-hydrogen) atoms. The first kappa shape index (κ1) is 14.6. The van der Waals surface area contributed by atoms with Crippen molar-refractivity contribution in [1.82, 2.24) is 4.90 Å². The van der Waals surface area contributed by atoms with Crippen LogP contribution < -0.4 is 4.74 Å². The number of hydrogen-bond acceptors (Lipinski definition) is 3. The van der Waals surface area contributed by atoms with Gasteiger partial charge in [-0.15, -0.1) is 0 Å². The van der Waals surface area contributed by atoms with Gasteiger partial charge < -0.3 is 14.7 Å². The second kappa shape index (κ2) is 6.60. The molecule has 4 heteroatoms. The summed E-state index contributed by atoms with van der Waals surface area (Å²) in [6.07, 6.45) is 2.17. The van der Waals surface area contributed by atoms with Gasteiger partial charge in [-0.1, -0.05) is 11.6 Å². The number of benzene rings is 1. The third-order valence-corrected chi connectivity index (χ3v) is 4.01. The molecule has 1 aromatic carbocycles. The molecule has 1 aromatic rings. The minimum Gasteiger partial charge on any atom is -0.491 e. The van der Waals surface area contributed by atoms with Gasteiger partial charge in [-0.25, -0.2) is 0 Å². The Bertz CT molecular complexity index is 392. The molecule has 0 aromatic heterocycles. The zero-order valence-corrected chi connectivity index (χ0v) is 12.3. The lowest BCUT2D eigenvalue weighted by Crippen LogP contribution is -2.39. The molecular weight excluding hydrogens is 262 g/mol. The molecule has 0 heterocycles. The molecule has 1 aliphatic rings. The van der Waals surface area contributed by atoms with Crippen LogP contribution in [-0.4, -0.2) is 42.4 Å². The van der Waals surface area contributed by atoms with Crippen molar-refractivity contribution in [2.45, 2.75) is 31.9 Å². The summed E-state index contributed by atoms with van der Waals surface area (Å²) in [5.41, 5.74) is 0. The van der Waals surface area contributed by atoms with Crippen molar-refractivity contribution in [3.8, 4) is 5.75 Å². The zero-order valence-electron chi connectivity index (χ0n) is 11.6. The molecule has 0 bridgehead atoms. The third-order valence-electron chi connectivity index (χ3n) is 3.75. The predicted molar refractivity (Wildman–Crippen MR) is 77.8 cm³/mol. The van der Waals surface area contributed by atoms with E-state index in [0.717, 1.165) is 11.7 Å². The van der Waals surface area contributed by atoms with E-state index in [4.69, 9.17) is 16.3 Å². The van der Waals surface area contributed by atoms with Gasteiger partial charge in [-0.2, -0.15) is 0 Å². The Balaban J connectivity index is 1.71. The molecule has 0 spiro atoms. The lowest BCUT2D eigenvalue weighted by atomic mass is 10.2. The number of rotatable bonds is 7. The minimum absolute atomic E-state index is 0.309. The molecule has 0 aliphatic heterocycles. The average Bonchev–Trinajstić information content (AvgIpc) is 3.21. The Morgan fingerprint density at radius 3 is 2.58 bits per heavy atom. The molecule has 1 N–H and O–H groups in total. The van der Waals surface area contributed by atoms with Gasteiger partial charge in [-0.3, -0.25) is 0 Å². The average molecular weight is 284 g/mol. The van der Waals surface area contributed by atoms with Crippen molar-refractivity contribution in [3.63, 3.8) is 0 Å². The largest absolute Gasteiger partial charge is 0.491 e. The van der Waals surface area contributed by atoms with Crippen molar-refractivity contribution in [2.24, 2.45) is 5.92 Å². The highest BCUT2D eigenvalue weighted by Crippen LogP contribution is 2.34. The van der Waals surface area contributed by atoms with E-state index < -0.39 is 6.10 Å². The van der Waals surface area contributed by atoms with E-state index in [1.54, 1.807) is 12.1 Å². The second-order valence-corrected chi connectivity index (χ2v) is 5.87. The number of nitrogens with zero attached hydrogens (tertiary/aromatic N) is 1. The standard InChI is InChI=1S/C15H22ClNO2/c1-11(12-3-4-12)17(2)9-14(18)10-19-15-7-5-13(16)6-8-15/h5-8,11-12,14,18H,3-4,9-10H2,1-2H3. The fraction of sp³-hybridized carbons (Fsp3) is 0.600. The summed E-state index contributed by atoms with van der Waals surface area (Å²) in [6.45, 7) is 3.18. The summed E-state index contributed by atoms with van der Waals surface area (Å²) in [5, 5.41) is 10.7. The monoisotopic (exact) mass is 283 g/mol. The quantitative estimate of drug-likeness (QED) is 0.835. The maximum atomic E-state index is 9.99. The maximum absolute atomic E-state index is 9.99. The summed E-state index contributed by atoms with van der Waals surface area (Å²) in [7, 11) is 2.06. The first-order valence-corrected chi connectivity index (χ1v) is 7.20. The van der Waals surface area contributed by atoms with Crippen LogP contribution in [0.3, 0.4) is 0 Å². The van der Waals surface area contributed by atoms with Crippen LogP contribution >= 0.6 is 11.6 Å². The molecular formula is C15H22ClNO2. The van der Waals surface area contributed by atoms with E-state index in [2.05, 4.69) is 18.9 Å². The number of halogens is 1. The summed E-state index contributed by atoms with van der Waals surface area (Å²) < 4.78 is 5.54. The van der Waals surface area contributed by atoms with Crippen LogP contribution in [0.4, 0.5) is 0 Å². The number of ether oxygens (including phenoxy) is 1. The molecule has 1 aliphatic carbocycles. The minimum atomic E-state index is -0.470. The number of aliphatic hydroxyl groups excluding tert-OH is 1. The van der Waals surface area contributed by atoms with Gasteiger partial charge in [0.15, 0.2) is 0 Å². The zero-order chi connectivity index (χ0) is 13.8. The van der Waals surface area contributed by atoms with Crippen LogP contribution in [-0.2, 0) is 0 Å². The first-order chi connectivity index (χ1) is 9.06. The topological polar surface area (TPSA) is 32.7 Å². The van der Waals surface area contributed by atoms with E-state index in [1.807, 2.05) is 12.1 Å². The van der Waals surface area contributed by atoms with Gasteiger partial charge >= 0.3 is 0 Å². The van der Waals surface area contributed by atoms with Crippen molar-refractivity contribution in [2.75, 3.05) is 20.2 Å². The molecule has 0 saturated heterocycles. The van der Waals surface area contributed by atoms with Crippen molar-refractivity contribution in [3.05, 3.63) is 29.3 Å². The van der Waals surface area contributed by atoms with Crippen molar-refractivity contribution >= 4 is 11.6 Å². The number of aliphatic hydroxyl groups is 1. The molecule has 2 atom stereocenters. The fourth-order valence-corrected chi connectivity index (χ4v) is 2.34. The van der Waals surface area contributed by atoms with Crippen LogP contribution in [0.1, 0.15) is 19.8 Å². The van der Waals surface area contributed by atoms with Crippen LogP contribution in [0.25, 0.3) is 0 Å². The van der Waals surface area contributed by atoms with Crippen molar-refractivity contribution < 1.29 is 9.84 Å².